The average Bonchev–Trinajstić information content (AvgIpc) is 3.26. The van der Waals surface area contributed by atoms with Gasteiger partial charge in [0.05, 0.1) is 46.6 Å². The molecule has 1 saturated heterocycles. The van der Waals surface area contributed by atoms with Crippen molar-refractivity contribution >= 4 is 29.4 Å². The molecule has 36 heavy (non-hydrogen) atoms. The number of esters is 1. The molecular formula is C24H27N3O9. The molecule has 192 valence electrons. The van der Waals surface area contributed by atoms with E-state index in [-0.39, 0.29) is 18.5 Å². The zero-order valence-electron chi connectivity index (χ0n) is 20.3. The molecule has 0 radical (unpaired) electrons. The second-order valence-corrected chi connectivity index (χ2v) is 7.67. The molecule has 1 heterocycles. The second kappa shape index (κ2) is 11.8. The Bertz CT molecular complexity index is 1130. The maximum absolute atomic E-state index is 12.6. The van der Waals surface area contributed by atoms with E-state index in [0.717, 1.165) is 5.01 Å². The van der Waals surface area contributed by atoms with Crippen LogP contribution in [0.5, 0.6) is 23.0 Å². The number of nitrogens with one attached hydrogen (secondary N) is 2. The molecule has 0 unspecified atom stereocenters. The van der Waals surface area contributed by atoms with Crippen LogP contribution in [0, 0.1) is 5.92 Å². The predicted molar refractivity (Wildman–Crippen MR) is 126 cm³/mol. The Hall–Kier alpha value is -4.48. The van der Waals surface area contributed by atoms with Gasteiger partial charge < -0.3 is 29.0 Å². The number of benzene rings is 2. The van der Waals surface area contributed by atoms with Gasteiger partial charge in [0.15, 0.2) is 6.61 Å². The number of hydrogen-bond acceptors (Lipinski definition) is 9. The van der Waals surface area contributed by atoms with Crippen molar-refractivity contribution in [2.75, 3.05) is 46.9 Å². The largest absolute Gasteiger partial charge is 0.497 e. The fourth-order valence-electron chi connectivity index (χ4n) is 3.45. The first-order valence-electron chi connectivity index (χ1n) is 10.8. The standard InChI is InChI=1S/C24H27N3O9/c1-32-16-5-6-20(35-4)19(11-16)25-21(28)13-36-24(31)15-9-22(29)27(12-15)26-23(30)14-7-17(33-2)10-18(8-14)34-3/h5-8,10-11,15H,9,12-13H2,1-4H3,(H,25,28)(H,26,30)/t15-/m1/s1. The zero-order valence-corrected chi connectivity index (χ0v) is 20.3. The van der Waals surface area contributed by atoms with Crippen LogP contribution in [0.15, 0.2) is 36.4 Å². The number of nitrogens with zero attached hydrogens (tertiary/aromatic N) is 1. The summed E-state index contributed by atoms with van der Waals surface area (Å²) >= 11 is 0. The lowest BCUT2D eigenvalue weighted by Gasteiger charge is -2.18. The lowest BCUT2D eigenvalue weighted by atomic mass is 10.1. The van der Waals surface area contributed by atoms with Gasteiger partial charge in [-0.05, 0) is 24.3 Å². The molecule has 12 heteroatoms. The van der Waals surface area contributed by atoms with Gasteiger partial charge in [-0.1, -0.05) is 0 Å². The number of ether oxygens (including phenoxy) is 5. The topological polar surface area (TPSA) is 142 Å². The maximum atomic E-state index is 12.6. The zero-order chi connectivity index (χ0) is 26.2. The molecule has 1 fully saturated rings. The predicted octanol–water partition coefficient (Wildman–Crippen LogP) is 1.40. The maximum Gasteiger partial charge on any atom is 0.311 e. The molecule has 12 nitrogen and oxygen atoms in total. The number of carbonyl (C=O) groups is 4. The van der Waals surface area contributed by atoms with E-state index in [0.29, 0.717) is 28.7 Å². The van der Waals surface area contributed by atoms with E-state index in [4.69, 9.17) is 23.7 Å². The van der Waals surface area contributed by atoms with Crippen molar-refractivity contribution in [3.8, 4) is 23.0 Å². The molecule has 1 atom stereocenters. The summed E-state index contributed by atoms with van der Waals surface area (Å²) in [5, 5.41) is 3.63. The highest BCUT2D eigenvalue weighted by Gasteiger charge is 2.37. The SMILES string of the molecule is COc1cc(OC)cc(C(=O)NN2C[C@H](C(=O)OCC(=O)Nc3cc(OC)ccc3OC)CC2=O)c1. The van der Waals surface area contributed by atoms with Crippen LogP contribution in [0.25, 0.3) is 0 Å². The van der Waals surface area contributed by atoms with Crippen LogP contribution in [-0.2, 0) is 19.1 Å². The Kier molecular flexibility index (Phi) is 8.55. The molecule has 0 spiro atoms. The van der Waals surface area contributed by atoms with Gasteiger partial charge in [-0.3, -0.25) is 29.6 Å². The fourth-order valence-corrected chi connectivity index (χ4v) is 3.45. The summed E-state index contributed by atoms with van der Waals surface area (Å²) in [6.45, 7) is -0.671. The first-order chi connectivity index (χ1) is 17.3. The number of amides is 3. The number of hydrogen-bond donors (Lipinski definition) is 2. The van der Waals surface area contributed by atoms with E-state index in [1.54, 1.807) is 24.3 Å². The van der Waals surface area contributed by atoms with Crippen LogP contribution in [0.4, 0.5) is 5.69 Å². The molecule has 1 aliphatic rings. The number of anilines is 1. The van der Waals surface area contributed by atoms with Crippen molar-refractivity contribution in [3.63, 3.8) is 0 Å². The summed E-state index contributed by atoms with van der Waals surface area (Å²) in [4.78, 5) is 49.8. The summed E-state index contributed by atoms with van der Waals surface area (Å²) in [7, 11) is 5.83. The van der Waals surface area contributed by atoms with Crippen molar-refractivity contribution in [2.45, 2.75) is 6.42 Å². The third-order valence-electron chi connectivity index (χ3n) is 5.33. The van der Waals surface area contributed by atoms with Gasteiger partial charge in [0.25, 0.3) is 11.8 Å². The van der Waals surface area contributed by atoms with Crippen LogP contribution in [0.2, 0.25) is 0 Å². The smallest absolute Gasteiger partial charge is 0.311 e. The first-order valence-corrected chi connectivity index (χ1v) is 10.8. The fraction of sp³-hybridized carbons (Fsp3) is 0.333. The van der Waals surface area contributed by atoms with E-state index in [9.17, 15) is 19.2 Å². The normalized spacial score (nSPS) is 14.6. The Morgan fingerprint density at radius 2 is 1.58 bits per heavy atom. The van der Waals surface area contributed by atoms with Gasteiger partial charge in [-0.15, -0.1) is 0 Å². The third-order valence-corrected chi connectivity index (χ3v) is 5.33. The van der Waals surface area contributed by atoms with Crippen molar-refractivity contribution < 1.29 is 42.9 Å². The second-order valence-electron chi connectivity index (χ2n) is 7.67. The molecule has 0 aliphatic carbocycles. The minimum atomic E-state index is -0.850. The summed E-state index contributed by atoms with van der Waals surface area (Å²) in [6.07, 6.45) is -0.175. The molecule has 3 rings (SSSR count). The van der Waals surface area contributed by atoms with Gasteiger partial charge in [0.2, 0.25) is 5.91 Å². The highest BCUT2D eigenvalue weighted by molar-refractivity contribution is 5.97. The molecule has 0 bridgehead atoms. The highest BCUT2D eigenvalue weighted by atomic mass is 16.5. The Labute approximate surface area is 207 Å². The third kappa shape index (κ3) is 6.34. The van der Waals surface area contributed by atoms with Gasteiger partial charge in [-0.2, -0.15) is 0 Å². The summed E-state index contributed by atoms with van der Waals surface area (Å²) in [5.74, 6) is -1.54. The van der Waals surface area contributed by atoms with Gasteiger partial charge in [0, 0.05) is 24.1 Å². The quantitative estimate of drug-likeness (QED) is 0.462. The number of methoxy groups -OCH3 is 4. The van der Waals surface area contributed by atoms with Crippen LogP contribution >= 0.6 is 0 Å². The van der Waals surface area contributed by atoms with E-state index < -0.39 is 36.2 Å². The van der Waals surface area contributed by atoms with E-state index >= 15 is 0 Å². The molecule has 1 aliphatic heterocycles. The molecular weight excluding hydrogens is 474 g/mol. The van der Waals surface area contributed by atoms with E-state index in [2.05, 4.69) is 10.7 Å². The molecule has 2 N–H and O–H groups in total. The monoisotopic (exact) mass is 501 g/mol. The molecule has 3 amide bonds. The number of hydrazine groups is 1. The summed E-state index contributed by atoms with van der Waals surface area (Å²) in [5.41, 5.74) is 3.02. The average molecular weight is 501 g/mol. The number of carbonyl (C=O) groups excluding carboxylic acids is 4. The Balaban J connectivity index is 1.54. The molecule has 0 saturated carbocycles. The van der Waals surface area contributed by atoms with E-state index in [1.165, 1.54) is 40.6 Å². The Morgan fingerprint density at radius 3 is 2.19 bits per heavy atom. The lowest BCUT2D eigenvalue weighted by Crippen LogP contribution is -2.43. The minimum absolute atomic E-state index is 0.101. The van der Waals surface area contributed by atoms with Gasteiger partial charge in [0.1, 0.15) is 23.0 Å². The minimum Gasteiger partial charge on any atom is -0.497 e. The summed E-state index contributed by atoms with van der Waals surface area (Å²) < 4.78 is 25.7. The van der Waals surface area contributed by atoms with Crippen LogP contribution in [-0.4, -0.2) is 70.3 Å². The van der Waals surface area contributed by atoms with E-state index in [1.807, 2.05) is 0 Å². The molecule has 0 aromatic heterocycles. The lowest BCUT2D eigenvalue weighted by molar-refractivity contribution is -0.151. The van der Waals surface area contributed by atoms with Crippen LogP contribution < -0.4 is 29.7 Å². The number of rotatable bonds is 10. The molecule has 2 aromatic carbocycles. The van der Waals surface area contributed by atoms with Crippen LogP contribution in [0.1, 0.15) is 16.8 Å². The summed E-state index contributed by atoms with van der Waals surface area (Å²) in [6, 6.07) is 9.42. The van der Waals surface area contributed by atoms with Crippen molar-refractivity contribution in [3.05, 3.63) is 42.0 Å². The molecule has 2 aromatic rings. The van der Waals surface area contributed by atoms with Crippen molar-refractivity contribution in [1.29, 1.82) is 0 Å². The van der Waals surface area contributed by atoms with Crippen molar-refractivity contribution in [2.24, 2.45) is 5.92 Å². The van der Waals surface area contributed by atoms with Gasteiger partial charge in [-0.25, -0.2) is 0 Å². The Morgan fingerprint density at radius 1 is 0.917 bits per heavy atom. The highest BCUT2D eigenvalue weighted by Crippen LogP contribution is 2.29. The first kappa shape index (κ1) is 26.1. The van der Waals surface area contributed by atoms with Crippen molar-refractivity contribution in [1.82, 2.24) is 10.4 Å². The van der Waals surface area contributed by atoms with Gasteiger partial charge >= 0.3 is 5.97 Å². The van der Waals surface area contributed by atoms with Crippen LogP contribution in [0.3, 0.4) is 0 Å².